The Kier molecular flexibility index (Phi) is 3.37. The molecule has 5 rings (SSSR count). The number of likely N-dealkylation sites (tertiary alicyclic amines) is 1. The van der Waals surface area contributed by atoms with Gasteiger partial charge in [0.15, 0.2) is 11.5 Å². The van der Waals surface area contributed by atoms with Crippen LogP contribution >= 0.6 is 0 Å². The van der Waals surface area contributed by atoms with Crippen molar-refractivity contribution < 1.29 is 31.6 Å². The Morgan fingerprint density at radius 2 is 2.17 bits per heavy atom. The van der Waals surface area contributed by atoms with Crippen LogP contribution in [0.2, 0.25) is 0 Å². The Bertz CT molecular complexity index is 691. The number of rotatable bonds is 1. The van der Waals surface area contributed by atoms with E-state index in [1.54, 1.807) is 7.11 Å². The Hall–Kier alpha value is -1.00. The molecule has 0 radical (unpaired) electrons. The summed E-state index contributed by atoms with van der Waals surface area (Å²) < 4.78 is 11.8. The maximum Gasteiger partial charge on any atom is 0.165 e. The van der Waals surface area contributed by atoms with Gasteiger partial charge in [0.1, 0.15) is 12.2 Å². The van der Waals surface area contributed by atoms with Gasteiger partial charge in [-0.3, -0.25) is 0 Å². The minimum atomic E-state index is -0.539. The van der Waals surface area contributed by atoms with Crippen LogP contribution in [0.15, 0.2) is 24.3 Å². The molecule has 0 unspecified atom stereocenters. The van der Waals surface area contributed by atoms with Crippen molar-refractivity contribution in [3.8, 4) is 11.5 Å². The average Bonchev–Trinajstić information content (AvgIpc) is 2.88. The molecule has 2 aliphatic carbocycles. The summed E-state index contributed by atoms with van der Waals surface area (Å²) in [5, 5.41) is 10.6. The fourth-order valence-corrected chi connectivity index (χ4v) is 5.39. The van der Waals surface area contributed by atoms with Gasteiger partial charge in [0, 0.05) is 40.0 Å². The SMILES string of the molecule is COc1ccc2c3c1O[C@H]1[C@@H](O)C=C[C@H]4[C@@H](C2)N(C)CC[C@@]341.[Fe]. The summed E-state index contributed by atoms with van der Waals surface area (Å²) in [5.41, 5.74) is 2.60. The third-order valence-electron chi connectivity index (χ3n) is 6.35. The zero-order valence-electron chi connectivity index (χ0n) is 13.3. The summed E-state index contributed by atoms with van der Waals surface area (Å²) in [5.74, 6) is 2.09. The topological polar surface area (TPSA) is 41.9 Å². The monoisotopic (exact) mass is 355 g/mol. The van der Waals surface area contributed by atoms with Crippen molar-refractivity contribution in [2.45, 2.75) is 36.5 Å². The van der Waals surface area contributed by atoms with Crippen molar-refractivity contribution in [3.63, 3.8) is 0 Å². The summed E-state index contributed by atoms with van der Waals surface area (Å²) >= 11 is 0. The van der Waals surface area contributed by atoms with Gasteiger partial charge in [-0.15, -0.1) is 0 Å². The van der Waals surface area contributed by atoms with Crippen molar-refractivity contribution in [2.24, 2.45) is 5.92 Å². The molecule has 124 valence electrons. The Labute approximate surface area is 146 Å². The molecule has 23 heavy (non-hydrogen) atoms. The molecule has 2 aliphatic heterocycles. The van der Waals surface area contributed by atoms with E-state index in [1.807, 2.05) is 12.1 Å². The third-order valence-corrected chi connectivity index (χ3v) is 6.35. The molecule has 1 N–H and O–H groups in total. The number of likely N-dealkylation sites (N-methyl/N-ethyl adjacent to an activating group) is 1. The van der Waals surface area contributed by atoms with Crippen LogP contribution in [0, 0.1) is 5.92 Å². The molecule has 1 aromatic carbocycles. The maximum atomic E-state index is 10.6. The van der Waals surface area contributed by atoms with Gasteiger partial charge < -0.3 is 19.5 Å². The summed E-state index contributed by atoms with van der Waals surface area (Å²) in [4.78, 5) is 2.47. The normalized spacial score (nSPS) is 39.3. The van der Waals surface area contributed by atoms with E-state index in [-0.39, 0.29) is 28.6 Å². The minimum Gasteiger partial charge on any atom is -0.493 e. The summed E-state index contributed by atoms with van der Waals surface area (Å²) in [6, 6.07) is 4.70. The first-order valence-electron chi connectivity index (χ1n) is 8.10. The van der Waals surface area contributed by atoms with Crippen molar-refractivity contribution in [3.05, 3.63) is 35.4 Å². The summed E-state index contributed by atoms with van der Waals surface area (Å²) in [6.45, 7) is 1.05. The van der Waals surface area contributed by atoms with Gasteiger partial charge in [-0.1, -0.05) is 18.2 Å². The predicted octanol–water partition coefficient (Wildman–Crippen LogP) is 1.50. The van der Waals surface area contributed by atoms with Gasteiger partial charge in [-0.05, 0) is 38.1 Å². The molecule has 1 aromatic rings. The first-order valence-corrected chi connectivity index (χ1v) is 8.10. The molecule has 1 fully saturated rings. The molecule has 5 heteroatoms. The number of methoxy groups -OCH3 is 1. The molecular formula is C18H21FeNO3. The zero-order chi connectivity index (χ0) is 15.1. The van der Waals surface area contributed by atoms with Crippen LogP contribution in [0.25, 0.3) is 0 Å². The van der Waals surface area contributed by atoms with E-state index in [0.717, 1.165) is 30.9 Å². The van der Waals surface area contributed by atoms with Crippen LogP contribution < -0.4 is 9.47 Å². The molecule has 1 saturated heterocycles. The van der Waals surface area contributed by atoms with E-state index >= 15 is 0 Å². The van der Waals surface area contributed by atoms with Crippen LogP contribution in [0.5, 0.6) is 11.5 Å². The van der Waals surface area contributed by atoms with E-state index < -0.39 is 6.10 Å². The van der Waals surface area contributed by atoms with Gasteiger partial charge in [0.2, 0.25) is 0 Å². The van der Waals surface area contributed by atoms with Crippen LogP contribution in [0.4, 0.5) is 0 Å². The van der Waals surface area contributed by atoms with E-state index in [2.05, 4.69) is 24.1 Å². The number of aliphatic hydroxyl groups is 1. The fourth-order valence-electron chi connectivity index (χ4n) is 5.39. The molecule has 4 aliphatic rings. The molecule has 4 nitrogen and oxygen atoms in total. The first-order chi connectivity index (χ1) is 10.7. The maximum absolute atomic E-state index is 10.6. The van der Waals surface area contributed by atoms with Gasteiger partial charge in [0.05, 0.1) is 7.11 Å². The van der Waals surface area contributed by atoms with Crippen molar-refractivity contribution in [1.82, 2.24) is 4.90 Å². The van der Waals surface area contributed by atoms with Crippen molar-refractivity contribution in [2.75, 3.05) is 20.7 Å². The molecule has 0 saturated carbocycles. The fraction of sp³-hybridized carbons (Fsp3) is 0.556. The molecule has 0 amide bonds. The second-order valence-electron chi connectivity index (χ2n) is 7.11. The predicted molar refractivity (Wildman–Crippen MR) is 82.5 cm³/mol. The number of benzene rings is 1. The third kappa shape index (κ3) is 1.69. The van der Waals surface area contributed by atoms with Crippen LogP contribution in [-0.4, -0.2) is 49.0 Å². The molecular weight excluding hydrogens is 334 g/mol. The number of nitrogens with zero attached hydrogens (tertiary/aromatic N) is 1. The van der Waals surface area contributed by atoms with Crippen molar-refractivity contribution in [1.29, 1.82) is 0 Å². The number of hydrogen-bond donors (Lipinski definition) is 1. The quantitative estimate of drug-likeness (QED) is 0.613. The molecule has 0 aromatic heterocycles. The van der Waals surface area contributed by atoms with Gasteiger partial charge in [-0.2, -0.15) is 0 Å². The number of ether oxygens (including phenoxy) is 2. The van der Waals surface area contributed by atoms with Gasteiger partial charge in [-0.25, -0.2) is 0 Å². The second kappa shape index (κ2) is 5.00. The molecule has 2 bridgehead atoms. The Morgan fingerprint density at radius 1 is 1.35 bits per heavy atom. The largest absolute Gasteiger partial charge is 0.493 e. The smallest absolute Gasteiger partial charge is 0.165 e. The van der Waals surface area contributed by atoms with Crippen LogP contribution in [0.1, 0.15) is 17.5 Å². The number of piperidine rings is 1. The number of hydrogen-bond acceptors (Lipinski definition) is 4. The number of aliphatic hydroxyl groups excluding tert-OH is 1. The standard InChI is InChI=1S/C18H21NO3.Fe/c1-19-8-7-18-11-4-5-13(20)17(18)22-16-14(21-2)6-3-10(15(16)18)9-12(11)19;/h3-6,11-13,17,20H,7-9H2,1-2H3;/t11-,12+,13-,17-,18-;/m0./s1. The van der Waals surface area contributed by atoms with E-state index in [1.165, 1.54) is 11.1 Å². The molecule has 5 atom stereocenters. The first kappa shape index (κ1) is 15.5. The second-order valence-corrected chi connectivity index (χ2v) is 7.11. The van der Waals surface area contributed by atoms with Crippen LogP contribution in [0.3, 0.4) is 0 Å². The Balaban J connectivity index is 0.00000135. The van der Waals surface area contributed by atoms with E-state index in [0.29, 0.717) is 12.0 Å². The molecule has 1 spiro atoms. The molecule has 2 heterocycles. The summed E-state index contributed by atoms with van der Waals surface area (Å²) in [7, 11) is 3.91. The zero-order valence-corrected chi connectivity index (χ0v) is 14.4. The average molecular weight is 355 g/mol. The summed E-state index contributed by atoms with van der Waals surface area (Å²) in [6.07, 6.45) is 5.54. The Morgan fingerprint density at radius 3 is 2.96 bits per heavy atom. The van der Waals surface area contributed by atoms with Gasteiger partial charge >= 0.3 is 0 Å². The minimum absolute atomic E-state index is 0. The van der Waals surface area contributed by atoms with E-state index in [9.17, 15) is 5.11 Å². The van der Waals surface area contributed by atoms with E-state index in [4.69, 9.17) is 9.47 Å². The van der Waals surface area contributed by atoms with Crippen molar-refractivity contribution >= 4 is 0 Å². The van der Waals surface area contributed by atoms with Gasteiger partial charge in [0.25, 0.3) is 0 Å². The van der Waals surface area contributed by atoms with Crippen LogP contribution in [-0.2, 0) is 28.9 Å².